The molecule has 0 spiro atoms. The van der Waals surface area contributed by atoms with Gasteiger partial charge >= 0.3 is 11.9 Å². The van der Waals surface area contributed by atoms with E-state index in [1.807, 2.05) is 0 Å². The third kappa shape index (κ3) is 4.12. The van der Waals surface area contributed by atoms with E-state index in [4.69, 9.17) is 10.2 Å². The number of carbonyl (C=O) groups excluding carboxylic acids is 2. The third-order valence-electron chi connectivity index (χ3n) is 4.47. The molecule has 0 aromatic heterocycles. The fourth-order valence-electron chi connectivity index (χ4n) is 3.25. The monoisotopic (exact) mass is 338 g/mol. The number of hydrogen-bond donors (Lipinski definition) is 2. The summed E-state index contributed by atoms with van der Waals surface area (Å²) in [5.41, 5.74) is 0. The van der Waals surface area contributed by atoms with Gasteiger partial charge in [-0.15, -0.1) is 0 Å². The molecule has 0 aliphatic carbocycles. The molecular formula is C16H22N2O6. The molecule has 24 heavy (non-hydrogen) atoms. The Bertz CT molecular complexity index is 511. The first-order valence-electron chi connectivity index (χ1n) is 8.11. The molecule has 2 fully saturated rings. The van der Waals surface area contributed by atoms with Gasteiger partial charge in [-0.25, -0.2) is 9.59 Å². The summed E-state index contributed by atoms with van der Waals surface area (Å²) in [7, 11) is 0. The Balaban J connectivity index is 1.80. The van der Waals surface area contributed by atoms with Crippen LogP contribution in [0.2, 0.25) is 0 Å². The van der Waals surface area contributed by atoms with Crippen LogP contribution >= 0.6 is 0 Å². The van der Waals surface area contributed by atoms with E-state index in [0.29, 0.717) is 38.8 Å². The zero-order valence-corrected chi connectivity index (χ0v) is 13.4. The predicted molar refractivity (Wildman–Crippen MR) is 83.1 cm³/mol. The summed E-state index contributed by atoms with van der Waals surface area (Å²) in [6.07, 6.45) is 5.46. The summed E-state index contributed by atoms with van der Waals surface area (Å²) >= 11 is 0. The fraction of sp³-hybridized carbons (Fsp3) is 0.625. The minimum Gasteiger partial charge on any atom is -0.480 e. The first-order chi connectivity index (χ1) is 11.4. The van der Waals surface area contributed by atoms with Gasteiger partial charge in [-0.1, -0.05) is 12.2 Å². The lowest BCUT2D eigenvalue weighted by Crippen LogP contribution is -2.40. The second-order valence-corrected chi connectivity index (χ2v) is 6.05. The molecule has 0 saturated carbocycles. The molecule has 0 aromatic rings. The van der Waals surface area contributed by atoms with Gasteiger partial charge in [0.2, 0.25) is 11.8 Å². The van der Waals surface area contributed by atoms with E-state index in [9.17, 15) is 19.2 Å². The van der Waals surface area contributed by atoms with Gasteiger partial charge in [-0.2, -0.15) is 0 Å². The number of aliphatic carboxylic acids is 2. The molecule has 2 aliphatic rings. The number of rotatable bonds is 6. The Kier molecular flexibility index (Phi) is 5.94. The van der Waals surface area contributed by atoms with Crippen molar-refractivity contribution >= 4 is 23.8 Å². The van der Waals surface area contributed by atoms with Crippen molar-refractivity contribution in [3.8, 4) is 0 Å². The third-order valence-corrected chi connectivity index (χ3v) is 4.47. The average Bonchev–Trinajstić information content (AvgIpc) is 3.19. The van der Waals surface area contributed by atoms with Crippen molar-refractivity contribution in [2.75, 3.05) is 13.1 Å². The van der Waals surface area contributed by atoms with Gasteiger partial charge in [0, 0.05) is 25.9 Å². The van der Waals surface area contributed by atoms with Crippen molar-refractivity contribution in [2.24, 2.45) is 0 Å². The summed E-state index contributed by atoms with van der Waals surface area (Å²) in [5, 5.41) is 18.1. The highest BCUT2D eigenvalue weighted by molar-refractivity contribution is 5.86. The molecule has 2 saturated heterocycles. The number of carboxylic acids is 2. The van der Waals surface area contributed by atoms with Gasteiger partial charge in [0.15, 0.2) is 0 Å². The maximum absolute atomic E-state index is 12.0. The van der Waals surface area contributed by atoms with Crippen LogP contribution in [0.3, 0.4) is 0 Å². The van der Waals surface area contributed by atoms with Crippen LogP contribution < -0.4 is 0 Å². The summed E-state index contributed by atoms with van der Waals surface area (Å²) in [4.78, 5) is 48.9. The molecule has 2 atom stereocenters. The molecule has 2 heterocycles. The van der Waals surface area contributed by atoms with Gasteiger partial charge in [-0.3, -0.25) is 9.59 Å². The van der Waals surface area contributed by atoms with Gasteiger partial charge in [0.1, 0.15) is 12.1 Å². The van der Waals surface area contributed by atoms with Crippen LogP contribution in [0.4, 0.5) is 0 Å². The first-order valence-corrected chi connectivity index (χ1v) is 8.11. The molecule has 2 N–H and O–H groups in total. The van der Waals surface area contributed by atoms with Crippen LogP contribution in [0.5, 0.6) is 0 Å². The standard InChI is InChI=1S/C16H22N2O6/c19-13(17-9-3-5-11(17)15(21)22)7-1-2-8-14(20)18-10-4-6-12(18)16(23)24/h1-2,11-12H,3-10H2,(H,21,22)(H,23,24)/b2-1+/t11-,12-/m1/s1. The van der Waals surface area contributed by atoms with Crippen LogP contribution in [0.1, 0.15) is 38.5 Å². The van der Waals surface area contributed by atoms with Crippen molar-refractivity contribution in [1.82, 2.24) is 9.80 Å². The van der Waals surface area contributed by atoms with E-state index >= 15 is 0 Å². The largest absolute Gasteiger partial charge is 0.480 e. The van der Waals surface area contributed by atoms with Gasteiger partial charge < -0.3 is 20.0 Å². The van der Waals surface area contributed by atoms with Crippen molar-refractivity contribution in [2.45, 2.75) is 50.6 Å². The van der Waals surface area contributed by atoms with Crippen molar-refractivity contribution in [3.05, 3.63) is 12.2 Å². The Labute approximate surface area is 139 Å². The maximum Gasteiger partial charge on any atom is 0.326 e. The van der Waals surface area contributed by atoms with Crippen molar-refractivity contribution < 1.29 is 29.4 Å². The molecule has 0 radical (unpaired) electrons. The molecule has 2 rings (SSSR count). The number of carbonyl (C=O) groups is 4. The van der Waals surface area contributed by atoms with E-state index in [-0.39, 0.29) is 24.7 Å². The summed E-state index contributed by atoms with van der Waals surface area (Å²) in [6, 6.07) is -1.51. The Morgan fingerprint density at radius 1 is 0.792 bits per heavy atom. The SMILES string of the molecule is O=C(O)[C@H]1CCCN1C(=O)C/C=C/CC(=O)N1CCC[C@@H]1C(=O)O. The molecule has 0 bridgehead atoms. The average molecular weight is 338 g/mol. The topological polar surface area (TPSA) is 115 Å². The number of nitrogens with zero attached hydrogens (tertiary/aromatic N) is 2. The number of amides is 2. The molecule has 8 nitrogen and oxygen atoms in total. The highest BCUT2D eigenvalue weighted by atomic mass is 16.4. The minimum atomic E-state index is -0.992. The minimum absolute atomic E-state index is 0.0411. The van der Waals surface area contributed by atoms with Crippen LogP contribution in [0.25, 0.3) is 0 Å². The number of carboxylic acid groups (broad SMARTS) is 2. The summed E-state index contributed by atoms with van der Waals surface area (Å²) in [6.45, 7) is 0.882. The van der Waals surface area contributed by atoms with Crippen LogP contribution in [0.15, 0.2) is 12.2 Å². The first kappa shape index (κ1) is 18.0. The molecule has 132 valence electrons. The second-order valence-electron chi connectivity index (χ2n) is 6.05. The van der Waals surface area contributed by atoms with Crippen molar-refractivity contribution in [1.29, 1.82) is 0 Å². The number of hydrogen-bond acceptors (Lipinski definition) is 4. The molecular weight excluding hydrogens is 316 g/mol. The van der Waals surface area contributed by atoms with Crippen LogP contribution in [0, 0.1) is 0 Å². The second kappa shape index (κ2) is 7.94. The van der Waals surface area contributed by atoms with E-state index < -0.39 is 24.0 Å². The predicted octanol–water partition coefficient (Wildman–Crippen LogP) is 0.474. The molecule has 2 aliphatic heterocycles. The molecule has 8 heteroatoms. The van der Waals surface area contributed by atoms with E-state index in [1.165, 1.54) is 9.80 Å². The maximum atomic E-state index is 12.0. The fourth-order valence-corrected chi connectivity index (χ4v) is 3.25. The van der Waals surface area contributed by atoms with Gasteiger partial charge in [0.25, 0.3) is 0 Å². The zero-order chi connectivity index (χ0) is 17.7. The Morgan fingerprint density at radius 2 is 1.17 bits per heavy atom. The Hall–Kier alpha value is -2.38. The summed E-state index contributed by atoms with van der Waals surface area (Å²) < 4.78 is 0. The number of likely N-dealkylation sites (tertiary alicyclic amines) is 2. The van der Waals surface area contributed by atoms with E-state index in [0.717, 1.165) is 0 Å². The van der Waals surface area contributed by atoms with E-state index in [2.05, 4.69) is 0 Å². The lowest BCUT2D eigenvalue weighted by atomic mass is 10.2. The summed E-state index contributed by atoms with van der Waals surface area (Å²) in [5.74, 6) is -2.52. The van der Waals surface area contributed by atoms with Crippen LogP contribution in [-0.2, 0) is 19.2 Å². The lowest BCUT2D eigenvalue weighted by molar-refractivity contribution is -0.148. The normalized spacial score (nSPS) is 23.8. The molecule has 0 aromatic carbocycles. The van der Waals surface area contributed by atoms with Gasteiger partial charge in [0.05, 0.1) is 0 Å². The Morgan fingerprint density at radius 3 is 1.50 bits per heavy atom. The zero-order valence-electron chi connectivity index (χ0n) is 13.4. The quantitative estimate of drug-likeness (QED) is 0.681. The van der Waals surface area contributed by atoms with Gasteiger partial charge in [-0.05, 0) is 25.7 Å². The van der Waals surface area contributed by atoms with E-state index in [1.54, 1.807) is 12.2 Å². The molecule has 0 unspecified atom stereocenters. The van der Waals surface area contributed by atoms with Crippen molar-refractivity contribution in [3.63, 3.8) is 0 Å². The lowest BCUT2D eigenvalue weighted by Gasteiger charge is -2.21. The highest BCUT2D eigenvalue weighted by Crippen LogP contribution is 2.20. The smallest absolute Gasteiger partial charge is 0.326 e. The van der Waals surface area contributed by atoms with Crippen LogP contribution in [-0.4, -0.2) is 68.9 Å². The highest BCUT2D eigenvalue weighted by Gasteiger charge is 2.34. The molecule has 2 amide bonds.